The number of hydrogen-bond acceptors (Lipinski definition) is 4. The van der Waals surface area contributed by atoms with Crippen molar-refractivity contribution in [2.45, 2.75) is 11.6 Å². The summed E-state index contributed by atoms with van der Waals surface area (Å²) < 4.78 is 29.1. The van der Waals surface area contributed by atoms with Crippen LogP contribution in [-0.4, -0.2) is 50.3 Å². The predicted octanol–water partition coefficient (Wildman–Crippen LogP) is -1.64. The maximum atomic E-state index is 11.4. The number of ether oxygens (including phenoxy) is 1. The third kappa shape index (κ3) is 0.806. The number of nitrogens with two attached hydrogens (primary N) is 1. The Kier molecular flexibility index (Phi) is 1.54. The largest absolute Gasteiger partial charge is 0.377 e. The molecule has 12 heavy (non-hydrogen) atoms. The number of hydrogen-bond donors (Lipinski definition) is 1. The summed E-state index contributed by atoms with van der Waals surface area (Å²) in [5, 5.41) is 0. The first-order valence-corrected chi connectivity index (χ1v) is 5.40. The van der Waals surface area contributed by atoms with Gasteiger partial charge in [0.05, 0.1) is 24.5 Å². The van der Waals surface area contributed by atoms with Crippen molar-refractivity contribution < 1.29 is 13.2 Å². The molecule has 0 bridgehead atoms. The van der Waals surface area contributed by atoms with Crippen molar-refractivity contribution in [1.29, 1.82) is 0 Å². The van der Waals surface area contributed by atoms with Crippen LogP contribution in [0.15, 0.2) is 0 Å². The molecule has 0 radical (unpaired) electrons. The minimum absolute atomic E-state index is 0.0485. The topological polar surface area (TPSA) is 72.6 Å². The highest BCUT2D eigenvalue weighted by Gasteiger charge is 2.58. The Hall–Kier alpha value is -0.170. The van der Waals surface area contributed by atoms with Crippen molar-refractivity contribution in [2.75, 3.05) is 26.0 Å². The van der Waals surface area contributed by atoms with Crippen molar-refractivity contribution in [2.24, 2.45) is 5.73 Å². The predicted molar refractivity (Wildman–Crippen MR) is 43.1 cm³/mol. The van der Waals surface area contributed by atoms with Gasteiger partial charge < -0.3 is 10.5 Å². The molecule has 2 aliphatic rings. The summed E-state index contributed by atoms with van der Waals surface area (Å²) in [6.45, 7) is 0.869. The van der Waals surface area contributed by atoms with Crippen LogP contribution in [0.25, 0.3) is 0 Å². The van der Waals surface area contributed by atoms with Crippen LogP contribution in [0.5, 0.6) is 0 Å². The van der Waals surface area contributed by atoms with Gasteiger partial charge in [-0.15, -0.1) is 0 Å². The van der Waals surface area contributed by atoms with E-state index in [1.807, 2.05) is 0 Å². The van der Waals surface area contributed by atoms with Crippen molar-refractivity contribution in [3.63, 3.8) is 0 Å². The fourth-order valence-corrected chi connectivity index (χ4v) is 3.49. The van der Waals surface area contributed by atoms with E-state index < -0.39 is 15.6 Å². The maximum absolute atomic E-state index is 11.4. The van der Waals surface area contributed by atoms with Crippen LogP contribution in [0.2, 0.25) is 0 Å². The Labute approximate surface area is 71.5 Å². The molecule has 2 N–H and O–H groups in total. The second-order valence-electron chi connectivity index (χ2n) is 3.45. The first-order valence-electron chi connectivity index (χ1n) is 3.79. The van der Waals surface area contributed by atoms with Gasteiger partial charge in [0.2, 0.25) is 10.0 Å². The van der Waals surface area contributed by atoms with E-state index in [0.29, 0.717) is 13.2 Å². The third-order valence-corrected chi connectivity index (χ3v) is 4.81. The van der Waals surface area contributed by atoms with Gasteiger partial charge in [-0.05, 0) is 0 Å². The quantitative estimate of drug-likeness (QED) is 0.499. The van der Waals surface area contributed by atoms with E-state index in [1.54, 1.807) is 7.05 Å². The second kappa shape index (κ2) is 2.20. The lowest BCUT2D eigenvalue weighted by molar-refractivity contribution is -0.107. The van der Waals surface area contributed by atoms with Crippen LogP contribution in [-0.2, 0) is 14.8 Å². The molecule has 1 atom stereocenters. The number of rotatable bonds is 0. The first-order chi connectivity index (χ1) is 5.49. The number of nitrogens with zero attached hydrogens (tertiary/aromatic N) is 1. The lowest BCUT2D eigenvalue weighted by Crippen LogP contribution is -2.66. The molecule has 0 amide bonds. The molecular formula is C6H12N2O3S. The molecule has 1 unspecified atom stereocenters. The van der Waals surface area contributed by atoms with E-state index >= 15 is 0 Å². The molecule has 0 aromatic heterocycles. The Morgan fingerprint density at radius 1 is 1.58 bits per heavy atom. The van der Waals surface area contributed by atoms with Crippen molar-refractivity contribution in [3.8, 4) is 0 Å². The van der Waals surface area contributed by atoms with E-state index in [4.69, 9.17) is 10.5 Å². The van der Waals surface area contributed by atoms with Crippen LogP contribution in [0.1, 0.15) is 0 Å². The normalized spacial score (nSPS) is 38.3. The molecule has 2 aliphatic heterocycles. The molecule has 1 spiro atoms. The smallest absolute Gasteiger partial charge is 0.216 e. The minimum atomic E-state index is -3.11. The summed E-state index contributed by atoms with van der Waals surface area (Å²) in [7, 11) is -1.54. The molecule has 0 aliphatic carbocycles. The van der Waals surface area contributed by atoms with E-state index in [1.165, 1.54) is 4.31 Å². The zero-order valence-electron chi connectivity index (χ0n) is 6.86. The van der Waals surface area contributed by atoms with Crippen LogP contribution in [0.4, 0.5) is 0 Å². The van der Waals surface area contributed by atoms with E-state index in [2.05, 4.69) is 0 Å². The molecule has 0 saturated carbocycles. The Morgan fingerprint density at radius 2 is 2.17 bits per heavy atom. The molecule has 70 valence electrons. The highest BCUT2D eigenvalue weighted by Crippen LogP contribution is 2.35. The monoisotopic (exact) mass is 192 g/mol. The lowest BCUT2D eigenvalue weighted by Gasteiger charge is -2.44. The van der Waals surface area contributed by atoms with Gasteiger partial charge in [0.1, 0.15) is 0 Å². The van der Waals surface area contributed by atoms with Gasteiger partial charge in [0, 0.05) is 13.1 Å². The van der Waals surface area contributed by atoms with Crippen molar-refractivity contribution in [3.05, 3.63) is 0 Å². The summed E-state index contributed by atoms with van der Waals surface area (Å²) in [6.07, 6.45) is 0. The molecule has 0 aromatic carbocycles. The molecule has 5 nitrogen and oxygen atoms in total. The van der Waals surface area contributed by atoms with Crippen LogP contribution < -0.4 is 5.73 Å². The Morgan fingerprint density at radius 3 is 2.33 bits per heavy atom. The van der Waals surface area contributed by atoms with Crippen molar-refractivity contribution in [1.82, 2.24) is 4.31 Å². The van der Waals surface area contributed by atoms with Gasteiger partial charge in [-0.2, -0.15) is 4.31 Å². The summed E-state index contributed by atoms with van der Waals surface area (Å²) in [5.74, 6) is 0.0485. The average Bonchev–Trinajstić information content (AvgIpc) is 1.98. The van der Waals surface area contributed by atoms with Crippen molar-refractivity contribution >= 4 is 10.0 Å². The Bertz CT molecular complexity index is 296. The van der Waals surface area contributed by atoms with Gasteiger partial charge in [0.15, 0.2) is 0 Å². The number of likely N-dealkylation sites (N-methyl/N-ethyl adjacent to an activating group) is 1. The van der Waals surface area contributed by atoms with Gasteiger partial charge in [-0.3, -0.25) is 0 Å². The summed E-state index contributed by atoms with van der Waals surface area (Å²) in [4.78, 5) is 0. The SMILES string of the molecule is CN1C2(COC2)C(N)CS1(=O)=O. The maximum Gasteiger partial charge on any atom is 0.216 e. The molecule has 2 fully saturated rings. The van der Waals surface area contributed by atoms with E-state index in [9.17, 15) is 8.42 Å². The summed E-state index contributed by atoms with van der Waals surface area (Å²) in [6, 6.07) is -0.304. The molecule has 2 saturated heterocycles. The Balaban J connectivity index is 2.38. The van der Waals surface area contributed by atoms with Crippen LogP contribution in [0, 0.1) is 0 Å². The minimum Gasteiger partial charge on any atom is -0.377 e. The van der Waals surface area contributed by atoms with Gasteiger partial charge in [-0.1, -0.05) is 0 Å². The van der Waals surface area contributed by atoms with Gasteiger partial charge >= 0.3 is 0 Å². The van der Waals surface area contributed by atoms with Gasteiger partial charge in [-0.25, -0.2) is 8.42 Å². The molecule has 2 heterocycles. The summed E-state index contributed by atoms with van der Waals surface area (Å²) in [5.41, 5.74) is 5.31. The van der Waals surface area contributed by atoms with Gasteiger partial charge in [0.25, 0.3) is 0 Å². The highest BCUT2D eigenvalue weighted by molar-refractivity contribution is 7.89. The van der Waals surface area contributed by atoms with E-state index in [-0.39, 0.29) is 11.8 Å². The first kappa shape index (κ1) is 8.43. The third-order valence-electron chi connectivity index (χ3n) is 2.83. The van der Waals surface area contributed by atoms with Crippen LogP contribution >= 0.6 is 0 Å². The fourth-order valence-electron chi connectivity index (χ4n) is 1.71. The zero-order chi connectivity index (χ0) is 8.98. The highest BCUT2D eigenvalue weighted by atomic mass is 32.2. The average molecular weight is 192 g/mol. The molecule has 6 heteroatoms. The molecule has 2 rings (SSSR count). The fraction of sp³-hybridized carbons (Fsp3) is 1.00. The second-order valence-corrected chi connectivity index (χ2v) is 5.49. The standard InChI is InChI=1S/C6H12N2O3S/c1-8-6(3-11-4-6)5(7)2-12(8,9)10/h5H,2-4,7H2,1H3. The van der Waals surface area contributed by atoms with E-state index in [0.717, 1.165) is 0 Å². The number of sulfonamides is 1. The molecular weight excluding hydrogens is 180 g/mol. The van der Waals surface area contributed by atoms with Crippen LogP contribution in [0.3, 0.4) is 0 Å². The lowest BCUT2D eigenvalue weighted by atomic mass is 9.90. The summed E-state index contributed by atoms with van der Waals surface area (Å²) >= 11 is 0. The molecule has 0 aromatic rings. The zero-order valence-corrected chi connectivity index (χ0v) is 7.67.